The van der Waals surface area contributed by atoms with Crippen molar-refractivity contribution in [3.8, 4) is 11.5 Å². The number of anilines is 1. The van der Waals surface area contributed by atoms with E-state index >= 15 is 0 Å². The summed E-state index contributed by atoms with van der Waals surface area (Å²) in [4.78, 5) is 10.8. The Morgan fingerprint density at radius 2 is 1.71 bits per heavy atom. The number of nitrogens with one attached hydrogen (secondary N) is 1. The van der Waals surface area contributed by atoms with Crippen molar-refractivity contribution in [2.24, 2.45) is 0 Å². The first kappa shape index (κ1) is 19.8. The summed E-state index contributed by atoms with van der Waals surface area (Å²) < 4.78 is 33.7. The second-order valence-corrected chi connectivity index (χ2v) is 8.21. The van der Waals surface area contributed by atoms with E-state index in [0.29, 0.717) is 0 Å². The van der Waals surface area contributed by atoms with Gasteiger partial charge in [-0.15, -0.1) is 0 Å². The van der Waals surface area contributed by atoms with E-state index in [4.69, 9.17) is 12.9 Å². The van der Waals surface area contributed by atoms with Crippen molar-refractivity contribution in [2.45, 2.75) is 13.8 Å². The van der Waals surface area contributed by atoms with Crippen molar-refractivity contribution < 1.29 is 26.6 Å². The van der Waals surface area contributed by atoms with Crippen LogP contribution in [0.5, 0.6) is 11.5 Å². The van der Waals surface area contributed by atoms with Gasteiger partial charge in [-0.25, -0.2) is 0 Å². The number of benzene rings is 2. The summed E-state index contributed by atoms with van der Waals surface area (Å²) in [6.45, 7) is 3.24. The molecule has 0 spiro atoms. The fourth-order valence-corrected chi connectivity index (χ4v) is 3.31. The SMILES string of the molecule is CC(=O)Nc1c(O)cccc1[As](=O)(O)O.COc1ccc(C)cc1. The molecule has 24 heavy (non-hydrogen) atoms. The number of phenols is 1. The van der Waals surface area contributed by atoms with Crippen molar-refractivity contribution >= 4 is 30.1 Å². The molecule has 130 valence electrons. The predicted octanol–water partition coefficient (Wildman–Crippen LogP) is 0.915. The minimum atomic E-state index is -5.14. The summed E-state index contributed by atoms with van der Waals surface area (Å²) in [7, 11) is 1.67. The molecule has 0 heterocycles. The Balaban J connectivity index is 0.000000272. The van der Waals surface area contributed by atoms with Crippen LogP contribution in [0.4, 0.5) is 5.69 Å². The second kappa shape index (κ2) is 8.59. The van der Waals surface area contributed by atoms with E-state index < -0.39 is 20.1 Å². The molecule has 0 unspecified atom stereocenters. The van der Waals surface area contributed by atoms with E-state index in [9.17, 15) is 13.6 Å². The van der Waals surface area contributed by atoms with Crippen molar-refractivity contribution in [3.63, 3.8) is 0 Å². The minimum absolute atomic E-state index is 0.225. The molecule has 4 N–H and O–H groups in total. The summed E-state index contributed by atoms with van der Waals surface area (Å²) in [6.07, 6.45) is 0. The number of phenolic OH excluding ortho intramolecular Hbond substituents is 1. The Morgan fingerprint density at radius 3 is 2.17 bits per heavy atom. The first-order chi connectivity index (χ1) is 11.1. The van der Waals surface area contributed by atoms with E-state index in [1.165, 1.54) is 30.7 Å². The second-order valence-electron chi connectivity index (χ2n) is 4.91. The number of methoxy groups -OCH3 is 1. The van der Waals surface area contributed by atoms with Gasteiger partial charge in [0.2, 0.25) is 0 Å². The molecular formula is C16H20AsNO6. The smallest absolute Gasteiger partial charge is 0.118 e. The van der Waals surface area contributed by atoms with Gasteiger partial charge in [0.05, 0.1) is 7.11 Å². The average molecular weight is 397 g/mol. The Hall–Kier alpha value is -2.21. The zero-order valence-electron chi connectivity index (χ0n) is 13.6. The van der Waals surface area contributed by atoms with Crippen LogP contribution in [0.25, 0.3) is 0 Å². The maximum Gasteiger partial charge on any atom is 0.118 e. The first-order valence-electron chi connectivity index (χ1n) is 6.91. The molecule has 1 amide bonds. The molecule has 0 aliphatic heterocycles. The molecule has 0 fully saturated rings. The van der Waals surface area contributed by atoms with Gasteiger partial charge in [-0.1, -0.05) is 17.7 Å². The molecular weight excluding hydrogens is 377 g/mol. The van der Waals surface area contributed by atoms with Gasteiger partial charge in [0.1, 0.15) is 5.75 Å². The van der Waals surface area contributed by atoms with Gasteiger partial charge >= 0.3 is 88.1 Å². The average Bonchev–Trinajstić information content (AvgIpc) is 2.49. The normalized spacial score (nSPS) is 10.4. The minimum Gasteiger partial charge on any atom is -0.497 e. The van der Waals surface area contributed by atoms with E-state index in [0.717, 1.165) is 5.75 Å². The van der Waals surface area contributed by atoms with Crippen LogP contribution in [0.2, 0.25) is 0 Å². The van der Waals surface area contributed by atoms with Gasteiger partial charge in [0, 0.05) is 0 Å². The predicted molar refractivity (Wildman–Crippen MR) is 90.7 cm³/mol. The number of rotatable bonds is 3. The van der Waals surface area contributed by atoms with Crippen LogP contribution in [-0.2, 0) is 8.53 Å². The molecule has 0 aliphatic rings. The van der Waals surface area contributed by atoms with Gasteiger partial charge in [-0.3, -0.25) is 0 Å². The molecule has 0 atom stereocenters. The number of hydrogen-bond donors (Lipinski definition) is 4. The number of hydrogen-bond acceptors (Lipinski definition) is 4. The summed E-state index contributed by atoms with van der Waals surface area (Å²) in [5.41, 5.74) is 1.04. The molecule has 7 nitrogen and oxygen atoms in total. The molecule has 2 rings (SSSR count). The molecule has 0 saturated heterocycles. The van der Waals surface area contributed by atoms with Gasteiger partial charge in [-0.2, -0.15) is 0 Å². The number of carbonyl (C=O) groups excluding carboxylic acids is 1. The number of para-hydroxylation sites is 1. The summed E-state index contributed by atoms with van der Waals surface area (Å²) in [5.74, 6) is 0.0368. The molecule has 8 heteroatoms. The monoisotopic (exact) mass is 397 g/mol. The maximum absolute atomic E-state index is 11.1. The quantitative estimate of drug-likeness (QED) is 0.452. The largest absolute Gasteiger partial charge is 0.497 e. The van der Waals surface area contributed by atoms with Gasteiger partial charge in [0.25, 0.3) is 0 Å². The van der Waals surface area contributed by atoms with Crippen LogP contribution in [-0.4, -0.2) is 40.5 Å². The third-order valence-electron chi connectivity index (χ3n) is 2.89. The maximum atomic E-state index is 11.1. The van der Waals surface area contributed by atoms with Crippen LogP contribution in [0, 0.1) is 6.92 Å². The van der Waals surface area contributed by atoms with Crippen LogP contribution in [0.3, 0.4) is 0 Å². The van der Waals surface area contributed by atoms with E-state index in [1.807, 2.05) is 24.3 Å². The zero-order valence-corrected chi connectivity index (χ0v) is 15.4. The Morgan fingerprint density at radius 1 is 1.12 bits per heavy atom. The van der Waals surface area contributed by atoms with Crippen LogP contribution < -0.4 is 14.4 Å². The Labute approximate surface area is 142 Å². The number of aryl methyl sites for hydroxylation is 1. The van der Waals surface area contributed by atoms with Crippen molar-refractivity contribution in [2.75, 3.05) is 12.4 Å². The van der Waals surface area contributed by atoms with E-state index in [1.54, 1.807) is 7.11 Å². The third-order valence-corrected chi connectivity index (χ3v) is 4.99. The fraction of sp³-hybridized carbons (Fsp3) is 0.188. The molecule has 2 aromatic carbocycles. The molecule has 0 bridgehead atoms. The van der Waals surface area contributed by atoms with Crippen molar-refractivity contribution in [1.82, 2.24) is 0 Å². The fourth-order valence-electron chi connectivity index (χ4n) is 1.75. The molecule has 0 aromatic heterocycles. The number of carbonyl (C=O) groups is 1. The molecule has 0 saturated carbocycles. The van der Waals surface area contributed by atoms with Crippen LogP contribution >= 0.6 is 0 Å². The van der Waals surface area contributed by atoms with Crippen molar-refractivity contribution in [3.05, 3.63) is 48.0 Å². The summed E-state index contributed by atoms with van der Waals surface area (Å²) in [5, 5.41) is 11.5. The van der Waals surface area contributed by atoms with E-state index in [-0.39, 0.29) is 15.8 Å². The number of aromatic hydroxyl groups is 1. The molecule has 0 aliphatic carbocycles. The zero-order chi connectivity index (χ0) is 18.3. The summed E-state index contributed by atoms with van der Waals surface area (Å²) in [6, 6.07) is 11.7. The van der Waals surface area contributed by atoms with Gasteiger partial charge in [0.15, 0.2) is 0 Å². The molecule has 0 radical (unpaired) electrons. The van der Waals surface area contributed by atoms with Crippen molar-refractivity contribution in [1.29, 1.82) is 0 Å². The van der Waals surface area contributed by atoms with E-state index in [2.05, 4.69) is 12.2 Å². The molecule has 2 aromatic rings. The van der Waals surface area contributed by atoms with Gasteiger partial charge in [-0.05, 0) is 19.1 Å². The van der Waals surface area contributed by atoms with Crippen LogP contribution in [0.15, 0.2) is 42.5 Å². The number of ether oxygens (including phenoxy) is 1. The Bertz CT molecular complexity index is 739. The van der Waals surface area contributed by atoms with Crippen LogP contribution in [0.1, 0.15) is 12.5 Å². The Kier molecular flexibility index (Phi) is 7.10. The first-order valence-corrected chi connectivity index (χ1v) is 10.3. The topological polar surface area (TPSA) is 116 Å². The summed E-state index contributed by atoms with van der Waals surface area (Å²) >= 11 is -5.14. The standard InChI is InChI=1S/C8H10AsNO5.C8H10O/c1-5(11)10-8-6(9(13,14)15)3-2-4-7(8)12;1-7-3-5-8(9-2)6-4-7/h2-4,12H,1H3,(H,10,11)(H2,13,14,15);3-6H,1-2H3. The third kappa shape index (κ3) is 6.12. The number of amides is 1. The van der Waals surface area contributed by atoms with Gasteiger partial charge < -0.3 is 4.74 Å².